The minimum atomic E-state index is -0.109. The Kier molecular flexibility index (Phi) is 3.92. The minimum Gasteiger partial charge on any atom is -0.493 e. The van der Waals surface area contributed by atoms with E-state index < -0.39 is 0 Å². The van der Waals surface area contributed by atoms with E-state index in [-0.39, 0.29) is 12.5 Å². The van der Waals surface area contributed by atoms with Crippen LogP contribution in [0.1, 0.15) is 12.8 Å². The topological polar surface area (TPSA) is 56.8 Å². The molecule has 1 fully saturated rings. The van der Waals surface area contributed by atoms with Crippen LogP contribution in [0.15, 0.2) is 18.2 Å². The van der Waals surface area contributed by atoms with Gasteiger partial charge in [-0.2, -0.15) is 0 Å². The highest BCUT2D eigenvalue weighted by Crippen LogP contribution is 2.36. The summed E-state index contributed by atoms with van der Waals surface area (Å²) in [5.41, 5.74) is 0. The van der Waals surface area contributed by atoms with Gasteiger partial charge in [-0.15, -0.1) is 0 Å². The smallest absolute Gasteiger partial charge is 0.258 e. The largest absolute Gasteiger partial charge is 0.493 e. The van der Waals surface area contributed by atoms with Gasteiger partial charge in [0.15, 0.2) is 18.1 Å². The predicted octanol–water partition coefficient (Wildman–Crippen LogP) is 1.36. The first-order valence-corrected chi connectivity index (χ1v) is 5.87. The van der Waals surface area contributed by atoms with Crippen molar-refractivity contribution in [2.75, 3.05) is 20.8 Å². The maximum Gasteiger partial charge on any atom is 0.258 e. The molecule has 0 saturated heterocycles. The van der Waals surface area contributed by atoms with Crippen LogP contribution in [0.5, 0.6) is 17.2 Å². The number of carbonyl (C=O) groups is 1. The molecule has 1 aromatic carbocycles. The second-order valence-electron chi connectivity index (χ2n) is 4.12. The monoisotopic (exact) mass is 251 g/mol. The molecule has 1 amide bonds. The normalized spacial score (nSPS) is 13.9. The maximum absolute atomic E-state index is 11.5. The first-order valence-electron chi connectivity index (χ1n) is 5.87. The van der Waals surface area contributed by atoms with Gasteiger partial charge in [0.1, 0.15) is 0 Å². The number of rotatable bonds is 6. The van der Waals surface area contributed by atoms with E-state index in [0.29, 0.717) is 23.3 Å². The molecule has 0 unspecified atom stereocenters. The van der Waals surface area contributed by atoms with Crippen LogP contribution in [0.3, 0.4) is 0 Å². The molecule has 1 aliphatic carbocycles. The lowest BCUT2D eigenvalue weighted by Crippen LogP contribution is -2.30. The molecule has 1 aromatic rings. The average Bonchev–Trinajstić information content (AvgIpc) is 3.19. The fourth-order valence-electron chi connectivity index (χ4n) is 1.61. The Labute approximate surface area is 106 Å². The van der Waals surface area contributed by atoms with E-state index in [1.165, 1.54) is 7.11 Å². The summed E-state index contributed by atoms with van der Waals surface area (Å²) < 4.78 is 15.8. The van der Waals surface area contributed by atoms with Crippen LogP contribution in [0.2, 0.25) is 0 Å². The quantitative estimate of drug-likeness (QED) is 0.829. The van der Waals surface area contributed by atoms with Gasteiger partial charge in [-0.05, 0) is 25.0 Å². The minimum absolute atomic E-state index is 0.0139. The van der Waals surface area contributed by atoms with E-state index >= 15 is 0 Å². The summed E-state index contributed by atoms with van der Waals surface area (Å²) in [5, 5.41) is 2.85. The number of carbonyl (C=O) groups excluding carboxylic acids is 1. The summed E-state index contributed by atoms with van der Waals surface area (Å²) in [6.45, 7) is -0.0139. The van der Waals surface area contributed by atoms with Crippen LogP contribution in [0.25, 0.3) is 0 Å². The zero-order chi connectivity index (χ0) is 13.0. The zero-order valence-electron chi connectivity index (χ0n) is 10.6. The highest BCUT2D eigenvalue weighted by molar-refractivity contribution is 5.78. The number of amides is 1. The Hall–Kier alpha value is -1.91. The third-order valence-electron chi connectivity index (χ3n) is 2.67. The van der Waals surface area contributed by atoms with Crippen molar-refractivity contribution in [2.24, 2.45) is 0 Å². The summed E-state index contributed by atoms with van der Waals surface area (Å²) >= 11 is 0. The van der Waals surface area contributed by atoms with Crippen molar-refractivity contribution < 1.29 is 19.0 Å². The highest BCUT2D eigenvalue weighted by Gasteiger charge is 2.23. The van der Waals surface area contributed by atoms with Crippen molar-refractivity contribution >= 4 is 5.91 Å². The number of hydrogen-bond donors (Lipinski definition) is 1. The Balaban J connectivity index is 1.96. The Bertz CT molecular complexity index is 429. The Morgan fingerprint density at radius 2 is 2.00 bits per heavy atom. The molecule has 1 aliphatic rings. The number of ether oxygens (including phenoxy) is 3. The van der Waals surface area contributed by atoms with Gasteiger partial charge in [0, 0.05) is 6.04 Å². The fourth-order valence-corrected chi connectivity index (χ4v) is 1.61. The molecule has 18 heavy (non-hydrogen) atoms. The number of methoxy groups -OCH3 is 2. The summed E-state index contributed by atoms with van der Waals surface area (Å²) in [7, 11) is 3.09. The fraction of sp³-hybridized carbons (Fsp3) is 0.462. The van der Waals surface area contributed by atoms with Crippen LogP contribution in [-0.4, -0.2) is 32.8 Å². The molecule has 0 spiro atoms. The molecule has 0 aromatic heterocycles. The van der Waals surface area contributed by atoms with Crippen LogP contribution in [0.4, 0.5) is 0 Å². The van der Waals surface area contributed by atoms with E-state index in [1.54, 1.807) is 25.3 Å². The standard InChI is InChI=1S/C13H17NO4/c1-16-10-4-3-5-11(13(10)17-2)18-8-12(15)14-9-6-7-9/h3-5,9H,6-8H2,1-2H3,(H,14,15). The molecule has 5 heteroatoms. The molecule has 0 atom stereocenters. The van der Waals surface area contributed by atoms with Gasteiger partial charge < -0.3 is 19.5 Å². The van der Waals surface area contributed by atoms with Crippen LogP contribution >= 0.6 is 0 Å². The average molecular weight is 251 g/mol. The van der Waals surface area contributed by atoms with Gasteiger partial charge >= 0.3 is 0 Å². The number of para-hydroxylation sites is 1. The lowest BCUT2D eigenvalue weighted by molar-refractivity contribution is -0.123. The first-order chi connectivity index (χ1) is 8.74. The van der Waals surface area contributed by atoms with Crippen LogP contribution in [0, 0.1) is 0 Å². The molecular weight excluding hydrogens is 234 g/mol. The molecule has 98 valence electrons. The third-order valence-corrected chi connectivity index (χ3v) is 2.67. The van der Waals surface area contributed by atoms with E-state index in [2.05, 4.69) is 5.32 Å². The van der Waals surface area contributed by atoms with Crippen molar-refractivity contribution in [3.8, 4) is 17.2 Å². The molecule has 5 nitrogen and oxygen atoms in total. The lowest BCUT2D eigenvalue weighted by atomic mass is 10.3. The summed E-state index contributed by atoms with van der Waals surface area (Å²) in [4.78, 5) is 11.5. The predicted molar refractivity (Wildman–Crippen MR) is 66.2 cm³/mol. The summed E-state index contributed by atoms with van der Waals surface area (Å²) in [5.74, 6) is 1.47. The van der Waals surface area contributed by atoms with Crippen molar-refractivity contribution in [2.45, 2.75) is 18.9 Å². The van der Waals surface area contributed by atoms with Crippen LogP contribution in [-0.2, 0) is 4.79 Å². The molecule has 0 bridgehead atoms. The molecule has 2 rings (SSSR count). The second-order valence-corrected chi connectivity index (χ2v) is 4.12. The molecule has 0 radical (unpaired) electrons. The van der Waals surface area contributed by atoms with Crippen molar-refractivity contribution in [1.29, 1.82) is 0 Å². The summed E-state index contributed by atoms with van der Waals surface area (Å²) in [6.07, 6.45) is 2.13. The van der Waals surface area contributed by atoms with E-state index in [1.807, 2.05) is 0 Å². The van der Waals surface area contributed by atoms with Gasteiger partial charge in [-0.3, -0.25) is 4.79 Å². The van der Waals surface area contributed by atoms with Gasteiger partial charge in [-0.1, -0.05) is 6.07 Å². The first kappa shape index (κ1) is 12.5. The van der Waals surface area contributed by atoms with Gasteiger partial charge in [0.25, 0.3) is 5.91 Å². The molecule has 0 aliphatic heterocycles. The number of benzene rings is 1. The molecule has 0 heterocycles. The van der Waals surface area contributed by atoms with Gasteiger partial charge in [0.05, 0.1) is 14.2 Å². The lowest BCUT2D eigenvalue weighted by Gasteiger charge is -2.13. The SMILES string of the molecule is COc1cccc(OCC(=O)NC2CC2)c1OC. The van der Waals surface area contributed by atoms with E-state index in [9.17, 15) is 4.79 Å². The van der Waals surface area contributed by atoms with Crippen LogP contribution < -0.4 is 19.5 Å². The van der Waals surface area contributed by atoms with Gasteiger partial charge in [-0.25, -0.2) is 0 Å². The zero-order valence-corrected chi connectivity index (χ0v) is 10.6. The molecule has 1 N–H and O–H groups in total. The highest BCUT2D eigenvalue weighted by atomic mass is 16.5. The number of nitrogens with one attached hydrogen (secondary N) is 1. The van der Waals surface area contributed by atoms with Crippen molar-refractivity contribution in [3.63, 3.8) is 0 Å². The molecular formula is C13H17NO4. The van der Waals surface area contributed by atoms with E-state index in [4.69, 9.17) is 14.2 Å². The van der Waals surface area contributed by atoms with Crippen molar-refractivity contribution in [3.05, 3.63) is 18.2 Å². The number of hydrogen-bond acceptors (Lipinski definition) is 4. The molecule has 1 saturated carbocycles. The Morgan fingerprint density at radius 3 is 2.61 bits per heavy atom. The second kappa shape index (κ2) is 5.62. The van der Waals surface area contributed by atoms with E-state index in [0.717, 1.165) is 12.8 Å². The third kappa shape index (κ3) is 3.06. The van der Waals surface area contributed by atoms with Gasteiger partial charge in [0.2, 0.25) is 5.75 Å². The maximum atomic E-state index is 11.5. The summed E-state index contributed by atoms with van der Waals surface area (Å²) in [6, 6.07) is 5.64. The Morgan fingerprint density at radius 1 is 1.28 bits per heavy atom. The van der Waals surface area contributed by atoms with Crippen molar-refractivity contribution in [1.82, 2.24) is 5.32 Å².